The van der Waals surface area contributed by atoms with Crippen molar-refractivity contribution in [2.45, 2.75) is 39.3 Å². The van der Waals surface area contributed by atoms with Crippen molar-refractivity contribution in [2.75, 3.05) is 6.54 Å². The summed E-state index contributed by atoms with van der Waals surface area (Å²) in [5.41, 5.74) is 12.8. The van der Waals surface area contributed by atoms with Crippen LogP contribution in [0, 0.1) is 12.8 Å². The molecule has 7 heteroatoms. The second-order valence-electron chi connectivity index (χ2n) is 6.20. The van der Waals surface area contributed by atoms with Crippen LogP contribution in [-0.2, 0) is 20.8 Å². The van der Waals surface area contributed by atoms with Gasteiger partial charge in [0.2, 0.25) is 17.7 Å². The lowest BCUT2D eigenvalue weighted by atomic mass is 10.0. The number of carbonyl (C=O) groups excluding carboxylic acids is 3. The maximum atomic E-state index is 12.3. The zero-order chi connectivity index (χ0) is 18.3. The molecule has 6 N–H and O–H groups in total. The molecular formula is C17H26N4O3. The minimum atomic E-state index is -0.829. The van der Waals surface area contributed by atoms with E-state index in [0.29, 0.717) is 6.42 Å². The predicted octanol–water partition coefficient (Wildman–Crippen LogP) is -0.393. The van der Waals surface area contributed by atoms with E-state index in [1.165, 1.54) is 0 Å². The van der Waals surface area contributed by atoms with Crippen LogP contribution in [0.4, 0.5) is 0 Å². The van der Waals surface area contributed by atoms with Crippen molar-refractivity contribution in [1.29, 1.82) is 0 Å². The summed E-state index contributed by atoms with van der Waals surface area (Å²) >= 11 is 0. The lowest BCUT2D eigenvalue weighted by Crippen LogP contribution is -2.54. The SMILES string of the molecule is Cc1ccc(C[C@@H](NC(=O)[C@@H](N)C(C)C)C(=O)NCC(N)=O)cc1. The number of primary amides is 1. The highest BCUT2D eigenvalue weighted by atomic mass is 16.2. The summed E-state index contributed by atoms with van der Waals surface area (Å²) in [7, 11) is 0. The Morgan fingerprint density at radius 2 is 1.67 bits per heavy atom. The summed E-state index contributed by atoms with van der Waals surface area (Å²) in [6, 6.07) is 6.08. The first-order valence-corrected chi connectivity index (χ1v) is 7.88. The fraction of sp³-hybridized carbons (Fsp3) is 0.471. The topological polar surface area (TPSA) is 127 Å². The van der Waals surface area contributed by atoms with Crippen LogP contribution < -0.4 is 22.1 Å². The molecule has 0 unspecified atom stereocenters. The Labute approximate surface area is 142 Å². The fourth-order valence-corrected chi connectivity index (χ4v) is 2.04. The van der Waals surface area contributed by atoms with Crippen LogP contribution in [0.1, 0.15) is 25.0 Å². The van der Waals surface area contributed by atoms with Crippen LogP contribution >= 0.6 is 0 Å². The van der Waals surface area contributed by atoms with Gasteiger partial charge in [-0.2, -0.15) is 0 Å². The molecule has 0 saturated carbocycles. The van der Waals surface area contributed by atoms with Gasteiger partial charge in [-0.15, -0.1) is 0 Å². The van der Waals surface area contributed by atoms with E-state index in [4.69, 9.17) is 11.5 Å². The number of hydrogen-bond donors (Lipinski definition) is 4. The van der Waals surface area contributed by atoms with Crippen LogP contribution in [0.25, 0.3) is 0 Å². The third-order valence-corrected chi connectivity index (χ3v) is 3.65. The van der Waals surface area contributed by atoms with Gasteiger partial charge in [-0.25, -0.2) is 0 Å². The molecule has 2 atom stereocenters. The number of nitrogens with two attached hydrogens (primary N) is 2. The molecule has 0 aliphatic rings. The molecular weight excluding hydrogens is 308 g/mol. The minimum absolute atomic E-state index is 0.0568. The van der Waals surface area contributed by atoms with Crippen molar-refractivity contribution in [3.05, 3.63) is 35.4 Å². The van der Waals surface area contributed by atoms with Gasteiger partial charge in [0, 0.05) is 6.42 Å². The number of carbonyl (C=O) groups is 3. The van der Waals surface area contributed by atoms with Crippen LogP contribution in [-0.4, -0.2) is 36.3 Å². The first-order chi connectivity index (χ1) is 11.2. The van der Waals surface area contributed by atoms with Gasteiger partial charge >= 0.3 is 0 Å². The monoisotopic (exact) mass is 334 g/mol. The molecule has 0 aliphatic heterocycles. The standard InChI is InChI=1S/C17H26N4O3/c1-10(2)15(19)17(24)21-13(16(23)20-9-14(18)22)8-12-6-4-11(3)5-7-12/h4-7,10,13,15H,8-9,19H2,1-3H3,(H2,18,22)(H,20,23)(H,21,24)/t13-,15+/m1/s1. The van der Waals surface area contributed by atoms with Crippen molar-refractivity contribution >= 4 is 17.7 Å². The van der Waals surface area contributed by atoms with Crippen molar-refractivity contribution in [3.8, 4) is 0 Å². The molecule has 1 aromatic carbocycles. The summed E-state index contributed by atoms with van der Waals surface area (Å²) in [6.07, 6.45) is 0.293. The van der Waals surface area contributed by atoms with E-state index in [1.807, 2.05) is 45.0 Å². The van der Waals surface area contributed by atoms with E-state index in [9.17, 15) is 14.4 Å². The first kappa shape index (κ1) is 19.6. The van der Waals surface area contributed by atoms with Crippen molar-refractivity contribution < 1.29 is 14.4 Å². The van der Waals surface area contributed by atoms with Crippen LogP contribution in [0.15, 0.2) is 24.3 Å². The molecule has 0 aliphatic carbocycles. The maximum absolute atomic E-state index is 12.3. The number of amides is 3. The number of hydrogen-bond acceptors (Lipinski definition) is 4. The van der Waals surface area contributed by atoms with E-state index in [-0.39, 0.29) is 12.5 Å². The van der Waals surface area contributed by atoms with Gasteiger partial charge in [0.1, 0.15) is 6.04 Å². The second kappa shape index (κ2) is 9.02. The molecule has 24 heavy (non-hydrogen) atoms. The average Bonchev–Trinajstić information content (AvgIpc) is 2.52. The maximum Gasteiger partial charge on any atom is 0.243 e. The third kappa shape index (κ3) is 6.37. The largest absolute Gasteiger partial charge is 0.368 e. The molecule has 0 spiro atoms. The van der Waals surface area contributed by atoms with Gasteiger partial charge in [-0.3, -0.25) is 14.4 Å². The molecule has 1 aromatic rings. The van der Waals surface area contributed by atoms with Crippen LogP contribution in [0.2, 0.25) is 0 Å². The van der Waals surface area contributed by atoms with Gasteiger partial charge in [-0.1, -0.05) is 43.7 Å². The van der Waals surface area contributed by atoms with Crippen LogP contribution in [0.5, 0.6) is 0 Å². The van der Waals surface area contributed by atoms with E-state index >= 15 is 0 Å². The Kier molecular flexibility index (Phi) is 7.38. The highest BCUT2D eigenvalue weighted by Gasteiger charge is 2.25. The number of aryl methyl sites for hydroxylation is 1. The zero-order valence-electron chi connectivity index (χ0n) is 14.3. The van der Waals surface area contributed by atoms with Crippen LogP contribution in [0.3, 0.4) is 0 Å². The highest BCUT2D eigenvalue weighted by molar-refractivity contribution is 5.91. The van der Waals surface area contributed by atoms with Gasteiger partial charge in [0.25, 0.3) is 0 Å². The van der Waals surface area contributed by atoms with E-state index in [2.05, 4.69) is 10.6 Å². The quantitative estimate of drug-likeness (QED) is 0.516. The minimum Gasteiger partial charge on any atom is -0.368 e. The molecule has 0 radical (unpaired) electrons. The Hall–Kier alpha value is -2.41. The molecule has 3 amide bonds. The smallest absolute Gasteiger partial charge is 0.243 e. The summed E-state index contributed by atoms with van der Waals surface area (Å²) in [4.78, 5) is 35.3. The highest BCUT2D eigenvalue weighted by Crippen LogP contribution is 2.07. The van der Waals surface area contributed by atoms with Gasteiger partial charge in [-0.05, 0) is 18.4 Å². The normalized spacial score (nSPS) is 13.2. The summed E-state index contributed by atoms with van der Waals surface area (Å²) < 4.78 is 0. The van der Waals surface area contributed by atoms with Crippen molar-refractivity contribution in [3.63, 3.8) is 0 Å². The third-order valence-electron chi connectivity index (χ3n) is 3.65. The molecule has 7 nitrogen and oxygen atoms in total. The Morgan fingerprint density at radius 1 is 1.08 bits per heavy atom. The molecule has 0 aromatic heterocycles. The van der Waals surface area contributed by atoms with Gasteiger partial charge in [0.15, 0.2) is 0 Å². The van der Waals surface area contributed by atoms with E-state index in [1.54, 1.807) is 0 Å². The van der Waals surface area contributed by atoms with E-state index in [0.717, 1.165) is 11.1 Å². The molecule has 0 heterocycles. The number of rotatable bonds is 8. The van der Waals surface area contributed by atoms with Gasteiger partial charge in [0.05, 0.1) is 12.6 Å². The van der Waals surface area contributed by atoms with E-state index < -0.39 is 29.8 Å². The number of benzene rings is 1. The fourth-order valence-electron chi connectivity index (χ4n) is 2.04. The molecule has 0 fully saturated rings. The lowest BCUT2D eigenvalue weighted by molar-refractivity contribution is -0.130. The summed E-state index contributed by atoms with van der Waals surface area (Å²) in [5, 5.41) is 5.07. The Balaban J connectivity index is 2.85. The summed E-state index contributed by atoms with van der Waals surface area (Å²) in [6.45, 7) is 5.33. The second-order valence-corrected chi connectivity index (χ2v) is 6.20. The average molecular weight is 334 g/mol. The molecule has 0 saturated heterocycles. The zero-order valence-corrected chi connectivity index (χ0v) is 14.3. The lowest BCUT2D eigenvalue weighted by Gasteiger charge is -2.22. The first-order valence-electron chi connectivity index (χ1n) is 7.88. The predicted molar refractivity (Wildman–Crippen MR) is 91.8 cm³/mol. The van der Waals surface area contributed by atoms with Crippen molar-refractivity contribution in [1.82, 2.24) is 10.6 Å². The van der Waals surface area contributed by atoms with Crippen molar-refractivity contribution in [2.24, 2.45) is 17.4 Å². The number of nitrogens with one attached hydrogen (secondary N) is 2. The van der Waals surface area contributed by atoms with Gasteiger partial charge < -0.3 is 22.1 Å². The Bertz CT molecular complexity index is 584. The summed E-state index contributed by atoms with van der Waals surface area (Å²) in [5.74, 6) is -1.59. The Morgan fingerprint density at radius 3 is 2.17 bits per heavy atom. The molecule has 0 bridgehead atoms. The molecule has 1 rings (SSSR count). The molecule has 132 valence electrons.